The van der Waals surface area contributed by atoms with Crippen LogP contribution in [0.2, 0.25) is 0 Å². The predicted octanol–water partition coefficient (Wildman–Crippen LogP) is 5.31. The Morgan fingerprint density at radius 3 is 2.47 bits per heavy atom. The van der Waals surface area contributed by atoms with Gasteiger partial charge >= 0.3 is 6.18 Å². The SMILES string of the molecule is CC(C)c1cc(-c2cnn3c2C(=O)N(c2ccc(C(F)(F)F)cc2)C[C@@H]3C)ccn1. The largest absolute Gasteiger partial charge is 0.416 e. The molecule has 4 rings (SSSR count). The molecule has 1 amide bonds. The molecule has 5 nitrogen and oxygen atoms in total. The van der Waals surface area contributed by atoms with Crippen molar-refractivity contribution in [1.29, 1.82) is 0 Å². The zero-order valence-electron chi connectivity index (χ0n) is 16.8. The zero-order valence-corrected chi connectivity index (χ0v) is 16.8. The second-order valence-corrected chi connectivity index (χ2v) is 7.78. The van der Waals surface area contributed by atoms with Crippen molar-refractivity contribution in [3.63, 3.8) is 0 Å². The first-order valence-corrected chi connectivity index (χ1v) is 9.69. The molecule has 1 aliphatic heterocycles. The van der Waals surface area contributed by atoms with Crippen molar-refractivity contribution < 1.29 is 18.0 Å². The van der Waals surface area contributed by atoms with E-state index in [2.05, 4.69) is 10.1 Å². The Morgan fingerprint density at radius 2 is 1.83 bits per heavy atom. The van der Waals surface area contributed by atoms with Crippen molar-refractivity contribution in [3.8, 4) is 11.1 Å². The van der Waals surface area contributed by atoms with Crippen LogP contribution in [0.1, 0.15) is 54.5 Å². The standard InChI is InChI=1S/C22H21F3N4O/c1-13(2)19-10-15(8-9-26-19)18-11-27-29-14(3)12-28(21(30)20(18)29)17-6-4-16(5-7-17)22(23,24)25/h4-11,13-14H,12H2,1-3H3/t14-/m0/s1. The summed E-state index contributed by atoms with van der Waals surface area (Å²) >= 11 is 0. The van der Waals surface area contributed by atoms with E-state index < -0.39 is 11.7 Å². The van der Waals surface area contributed by atoms with E-state index in [0.29, 0.717) is 23.5 Å². The van der Waals surface area contributed by atoms with E-state index >= 15 is 0 Å². The monoisotopic (exact) mass is 414 g/mol. The van der Waals surface area contributed by atoms with Gasteiger partial charge in [-0.3, -0.25) is 14.5 Å². The lowest BCUT2D eigenvalue weighted by Gasteiger charge is -2.32. The van der Waals surface area contributed by atoms with E-state index in [1.165, 1.54) is 17.0 Å². The van der Waals surface area contributed by atoms with Gasteiger partial charge in [0.05, 0.1) is 17.8 Å². The molecule has 3 aromatic rings. The van der Waals surface area contributed by atoms with E-state index in [1.54, 1.807) is 17.1 Å². The first-order chi connectivity index (χ1) is 14.2. The number of aromatic nitrogens is 3. The first-order valence-electron chi connectivity index (χ1n) is 9.69. The van der Waals surface area contributed by atoms with Crippen molar-refractivity contribution in [3.05, 3.63) is 65.7 Å². The topological polar surface area (TPSA) is 51.0 Å². The van der Waals surface area contributed by atoms with Crippen molar-refractivity contribution >= 4 is 11.6 Å². The molecule has 0 spiro atoms. The van der Waals surface area contributed by atoms with Gasteiger partial charge in [0.2, 0.25) is 0 Å². The third-order valence-corrected chi connectivity index (χ3v) is 5.30. The summed E-state index contributed by atoms with van der Waals surface area (Å²) in [7, 11) is 0. The van der Waals surface area contributed by atoms with Gasteiger partial charge in [0.15, 0.2) is 0 Å². The lowest BCUT2D eigenvalue weighted by Crippen LogP contribution is -2.42. The van der Waals surface area contributed by atoms with E-state index in [9.17, 15) is 18.0 Å². The number of alkyl halides is 3. The summed E-state index contributed by atoms with van der Waals surface area (Å²) in [6.07, 6.45) is -1.04. The van der Waals surface area contributed by atoms with Gasteiger partial charge in [-0.05, 0) is 54.8 Å². The fraction of sp³-hybridized carbons (Fsp3) is 0.318. The van der Waals surface area contributed by atoms with Crippen LogP contribution in [0.15, 0.2) is 48.8 Å². The molecule has 0 radical (unpaired) electrons. The number of hydrogen-bond donors (Lipinski definition) is 0. The Kier molecular flexibility index (Phi) is 4.88. The van der Waals surface area contributed by atoms with E-state index in [0.717, 1.165) is 23.4 Å². The molecule has 2 aromatic heterocycles. The molecule has 0 saturated carbocycles. The van der Waals surface area contributed by atoms with E-state index in [-0.39, 0.29) is 17.9 Å². The van der Waals surface area contributed by atoms with Crippen LogP contribution in [0, 0.1) is 0 Å². The van der Waals surface area contributed by atoms with Gasteiger partial charge in [-0.15, -0.1) is 0 Å². The van der Waals surface area contributed by atoms with Gasteiger partial charge in [-0.2, -0.15) is 18.3 Å². The number of hydrogen-bond acceptors (Lipinski definition) is 3. The van der Waals surface area contributed by atoms with Gasteiger partial charge < -0.3 is 4.90 Å². The minimum atomic E-state index is -4.42. The van der Waals surface area contributed by atoms with Gasteiger partial charge in [0.25, 0.3) is 5.91 Å². The summed E-state index contributed by atoms with van der Waals surface area (Å²) in [6, 6.07) is 8.32. The van der Waals surface area contributed by atoms with Crippen LogP contribution in [-0.2, 0) is 6.18 Å². The second-order valence-electron chi connectivity index (χ2n) is 7.78. The molecule has 0 aliphatic carbocycles. The van der Waals surface area contributed by atoms with Gasteiger partial charge in [-0.1, -0.05) is 13.8 Å². The highest BCUT2D eigenvalue weighted by molar-refractivity contribution is 6.09. The van der Waals surface area contributed by atoms with Crippen LogP contribution in [-0.4, -0.2) is 27.2 Å². The number of fused-ring (bicyclic) bond motifs is 1. The number of rotatable bonds is 3. The van der Waals surface area contributed by atoms with Gasteiger partial charge in [0.1, 0.15) is 5.69 Å². The molecule has 1 atom stereocenters. The maximum atomic E-state index is 13.3. The zero-order chi connectivity index (χ0) is 21.6. The molecule has 0 N–H and O–H groups in total. The fourth-order valence-corrected chi connectivity index (χ4v) is 3.66. The average Bonchev–Trinajstić information content (AvgIpc) is 3.16. The van der Waals surface area contributed by atoms with Crippen LogP contribution in [0.3, 0.4) is 0 Å². The van der Waals surface area contributed by atoms with Crippen molar-refractivity contribution in [2.45, 2.75) is 38.9 Å². The first kappa shape index (κ1) is 20.1. The van der Waals surface area contributed by atoms with Crippen LogP contribution in [0.4, 0.5) is 18.9 Å². The Balaban J connectivity index is 1.74. The smallest absolute Gasteiger partial charge is 0.305 e. The molecule has 8 heteroatoms. The molecule has 156 valence electrons. The number of pyridine rings is 1. The molecular weight excluding hydrogens is 393 g/mol. The van der Waals surface area contributed by atoms with Gasteiger partial charge in [0, 0.05) is 29.7 Å². The molecule has 1 aromatic carbocycles. The summed E-state index contributed by atoms with van der Waals surface area (Å²) in [6.45, 7) is 6.33. The molecule has 0 unspecified atom stereocenters. The summed E-state index contributed by atoms with van der Waals surface area (Å²) in [5, 5.41) is 4.41. The summed E-state index contributed by atoms with van der Waals surface area (Å²) < 4.78 is 40.4. The fourth-order valence-electron chi connectivity index (χ4n) is 3.66. The maximum absolute atomic E-state index is 13.3. The molecule has 0 fully saturated rings. The third kappa shape index (κ3) is 3.46. The van der Waals surface area contributed by atoms with Crippen LogP contribution in [0.5, 0.6) is 0 Å². The van der Waals surface area contributed by atoms with Crippen LogP contribution in [0.25, 0.3) is 11.1 Å². The lowest BCUT2D eigenvalue weighted by atomic mass is 10.0. The number of carbonyl (C=O) groups excluding carboxylic acids is 1. The Labute approximate surface area is 172 Å². The van der Waals surface area contributed by atoms with Crippen LogP contribution < -0.4 is 4.90 Å². The highest BCUT2D eigenvalue weighted by Gasteiger charge is 2.35. The van der Waals surface area contributed by atoms with Crippen molar-refractivity contribution in [2.24, 2.45) is 0 Å². The van der Waals surface area contributed by atoms with E-state index in [1.807, 2.05) is 32.9 Å². The Morgan fingerprint density at radius 1 is 1.13 bits per heavy atom. The van der Waals surface area contributed by atoms with E-state index in [4.69, 9.17) is 0 Å². The highest BCUT2D eigenvalue weighted by Crippen LogP contribution is 2.35. The Bertz CT molecular complexity index is 1090. The maximum Gasteiger partial charge on any atom is 0.416 e. The molecule has 0 saturated heterocycles. The highest BCUT2D eigenvalue weighted by atomic mass is 19.4. The minimum absolute atomic E-state index is 0.125. The quantitative estimate of drug-likeness (QED) is 0.584. The summed E-state index contributed by atoms with van der Waals surface area (Å²) in [5.41, 5.74) is 2.54. The Hall–Kier alpha value is -3.16. The third-order valence-electron chi connectivity index (χ3n) is 5.30. The number of anilines is 1. The predicted molar refractivity (Wildman–Crippen MR) is 107 cm³/mol. The average molecular weight is 414 g/mol. The molecule has 1 aliphatic rings. The van der Waals surface area contributed by atoms with Gasteiger partial charge in [-0.25, -0.2) is 0 Å². The van der Waals surface area contributed by atoms with Crippen molar-refractivity contribution in [1.82, 2.24) is 14.8 Å². The lowest BCUT2D eigenvalue weighted by molar-refractivity contribution is -0.137. The molecule has 0 bridgehead atoms. The summed E-state index contributed by atoms with van der Waals surface area (Å²) in [4.78, 5) is 19.2. The van der Waals surface area contributed by atoms with Crippen LogP contribution >= 0.6 is 0 Å². The van der Waals surface area contributed by atoms with Crippen molar-refractivity contribution in [2.75, 3.05) is 11.4 Å². The number of nitrogens with zero attached hydrogens (tertiary/aromatic N) is 4. The summed E-state index contributed by atoms with van der Waals surface area (Å²) in [5.74, 6) is -0.0575. The minimum Gasteiger partial charge on any atom is -0.305 e. The molecule has 3 heterocycles. The second kappa shape index (κ2) is 7.27. The molecular formula is C22H21F3N4O. The molecule has 30 heavy (non-hydrogen) atoms. The normalized spacial score (nSPS) is 16.8. The number of amides is 1. The number of halogens is 3. The number of carbonyl (C=O) groups is 1. The number of benzene rings is 1.